The highest BCUT2D eigenvalue weighted by Gasteiger charge is 2.49. The van der Waals surface area contributed by atoms with E-state index in [2.05, 4.69) is 0 Å². The number of aromatic nitrogens is 1. The van der Waals surface area contributed by atoms with Crippen LogP contribution in [0.5, 0.6) is 5.75 Å². The average molecular weight is 542 g/mol. The highest BCUT2D eigenvalue weighted by molar-refractivity contribution is 7.99. The summed E-state index contributed by atoms with van der Waals surface area (Å²) in [7, 11) is 0. The van der Waals surface area contributed by atoms with E-state index in [-0.39, 0.29) is 11.2 Å². The van der Waals surface area contributed by atoms with Crippen LogP contribution in [0.1, 0.15) is 34.6 Å². The van der Waals surface area contributed by atoms with Gasteiger partial charge < -0.3 is 10.0 Å². The van der Waals surface area contributed by atoms with Gasteiger partial charge in [-0.1, -0.05) is 35.9 Å². The molecule has 1 aromatic carbocycles. The molecule has 12 heteroatoms. The maximum Gasteiger partial charge on any atom is 0.408 e. The Morgan fingerprint density at radius 3 is 2.69 bits per heavy atom. The first kappa shape index (κ1) is 24.8. The van der Waals surface area contributed by atoms with E-state index in [1.807, 2.05) is 12.2 Å². The normalized spacial score (nSPS) is 24.4. The molecular formula is C24H20ClF4N3O3S. The number of pyridine rings is 1. The van der Waals surface area contributed by atoms with Crippen LogP contribution in [0.25, 0.3) is 0 Å². The largest absolute Gasteiger partial charge is 0.502 e. The minimum absolute atomic E-state index is 0.248. The molecule has 0 fully saturated rings. The molecule has 6 nitrogen and oxygen atoms in total. The van der Waals surface area contributed by atoms with Crippen molar-refractivity contribution >= 4 is 29.3 Å². The number of allylic oxidation sites excluding steroid dienone is 2. The van der Waals surface area contributed by atoms with Crippen LogP contribution < -0.4 is 10.4 Å². The van der Waals surface area contributed by atoms with Crippen LogP contribution in [0.3, 0.4) is 0 Å². The topological polar surface area (TPSA) is 65.8 Å². The van der Waals surface area contributed by atoms with E-state index in [1.54, 1.807) is 12.1 Å². The number of hydrogen-bond acceptors (Lipinski definition) is 5. The number of halogens is 5. The van der Waals surface area contributed by atoms with Crippen LogP contribution >= 0.6 is 23.4 Å². The molecule has 1 amide bonds. The lowest BCUT2D eigenvalue weighted by molar-refractivity contribution is -0.173. The number of nitrogens with zero attached hydrogens (tertiary/aromatic N) is 3. The molecule has 4 atom stereocenters. The molecule has 2 aromatic rings. The van der Waals surface area contributed by atoms with Gasteiger partial charge in [0.15, 0.2) is 11.4 Å². The van der Waals surface area contributed by atoms with E-state index in [0.717, 1.165) is 13.0 Å². The van der Waals surface area contributed by atoms with E-state index in [9.17, 15) is 32.3 Å². The molecule has 3 heterocycles. The Morgan fingerprint density at radius 2 is 1.97 bits per heavy atom. The quantitative estimate of drug-likeness (QED) is 0.560. The fourth-order valence-electron chi connectivity index (χ4n) is 4.88. The van der Waals surface area contributed by atoms with E-state index in [1.165, 1.54) is 39.8 Å². The number of hydrogen-bond donors (Lipinski definition) is 1. The van der Waals surface area contributed by atoms with E-state index < -0.39 is 53.5 Å². The standard InChI is InChI=1S/C24H20ClF4N3O3S/c1-12(24(27,28)29)30-11-32(31-8-7-18(33)22(34)21(31)23(30)35)20-14-3-2-4-17(26)16(14)10-36-19-9-13(25)5-6-15(19)20/h2-9,12,15,19-20,34H,10-11H2,1H3/t12-,15?,19?,20?/m1/s1. The molecule has 3 aliphatic rings. The fourth-order valence-corrected chi connectivity index (χ4v) is 6.53. The van der Waals surface area contributed by atoms with Crippen LogP contribution in [-0.4, -0.2) is 44.7 Å². The Labute approximate surface area is 212 Å². The van der Waals surface area contributed by atoms with Gasteiger partial charge in [0.25, 0.3) is 5.91 Å². The maximum absolute atomic E-state index is 15.0. The van der Waals surface area contributed by atoms with Crippen molar-refractivity contribution in [3.8, 4) is 5.75 Å². The van der Waals surface area contributed by atoms with Crippen LogP contribution in [0.4, 0.5) is 17.6 Å². The minimum Gasteiger partial charge on any atom is -0.502 e. The van der Waals surface area contributed by atoms with Crippen molar-refractivity contribution in [2.45, 2.75) is 36.2 Å². The summed E-state index contributed by atoms with van der Waals surface area (Å²) in [4.78, 5) is 25.9. The second kappa shape index (κ2) is 8.88. The molecule has 2 aliphatic heterocycles. The molecule has 1 aromatic heterocycles. The summed E-state index contributed by atoms with van der Waals surface area (Å²) in [6.07, 6.45) is 1.78. The van der Waals surface area contributed by atoms with Crippen molar-refractivity contribution in [3.63, 3.8) is 0 Å². The Bertz CT molecular complexity index is 1360. The summed E-state index contributed by atoms with van der Waals surface area (Å²) in [6.45, 7) is 0.320. The summed E-state index contributed by atoms with van der Waals surface area (Å²) in [5.41, 5.74) is -0.558. The molecule has 1 N–H and O–H groups in total. The second-order valence-electron chi connectivity index (χ2n) is 8.81. The molecule has 36 heavy (non-hydrogen) atoms. The third kappa shape index (κ3) is 3.98. The van der Waals surface area contributed by atoms with Gasteiger partial charge in [-0.25, -0.2) is 4.39 Å². The Balaban J connectivity index is 1.75. The smallest absolute Gasteiger partial charge is 0.408 e. The highest BCUT2D eigenvalue weighted by Crippen LogP contribution is 2.47. The lowest BCUT2D eigenvalue weighted by Gasteiger charge is -2.48. The van der Waals surface area contributed by atoms with Crippen LogP contribution in [0, 0.1) is 11.7 Å². The number of fused-ring (bicyclic) bond motifs is 3. The van der Waals surface area contributed by atoms with Gasteiger partial charge in [0, 0.05) is 39.8 Å². The first-order valence-corrected chi connectivity index (χ1v) is 12.5. The number of aromatic hydroxyl groups is 1. The summed E-state index contributed by atoms with van der Waals surface area (Å²) < 4.78 is 57.5. The first-order valence-electron chi connectivity index (χ1n) is 11.0. The number of thioether (sulfide) groups is 1. The monoisotopic (exact) mass is 541 g/mol. The van der Waals surface area contributed by atoms with E-state index in [0.29, 0.717) is 26.8 Å². The van der Waals surface area contributed by atoms with Gasteiger partial charge in [0.1, 0.15) is 18.5 Å². The maximum atomic E-state index is 15.0. The number of alkyl halides is 3. The van der Waals surface area contributed by atoms with Crippen molar-refractivity contribution < 1.29 is 27.5 Å². The Hall–Kier alpha value is -2.92. The van der Waals surface area contributed by atoms with Gasteiger partial charge in [-0.15, -0.1) is 11.8 Å². The van der Waals surface area contributed by atoms with Crippen LogP contribution in [0.15, 0.2) is 58.5 Å². The Morgan fingerprint density at radius 1 is 1.22 bits per heavy atom. The first-order chi connectivity index (χ1) is 17.0. The van der Waals surface area contributed by atoms with Crippen molar-refractivity contribution in [3.05, 3.63) is 86.6 Å². The zero-order chi connectivity index (χ0) is 25.9. The zero-order valence-corrected chi connectivity index (χ0v) is 20.3. The van der Waals surface area contributed by atoms with Crippen LogP contribution in [-0.2, 0) is 5.75 Å². The molecule has 0 saturated heterocycles. The van der Waals surface area contributed by atoms with Gasteiger partial charge in [0.05, 0.1) is 6.04 Å². The number of rotatable bonds is 2. The molecule has 0 saturated carbocycles. The number of benzene rings is 1. The molecular weight excluding hydrogens is 522 g/mol. The highest BCUT2D eigenvalue weighted by atomic mass is 35.5. The zero-order valence-electron chi connectivity index (χ0n) is 18.7. The van der Waals surface area contributed by atoms with Crippen molar-refractivity contribution in [1.82, 2.24) is 9.58 Å². The van der Waals surface area contributed by atoms with E-state index in [4.69, 9.17) is 11.6 Å². The van der Waals surface area contributed by atoms with Crippen molar-refractivity contribution in [2.24, 2.45) is 5.92 Å². The number of amides is 1. The molecule has 3 unspecified atom stereocenters. The SMILES string of the molecule is C[C@@H](N1CN(C2c3cccc(F)c3CSC3C=C(Cl)C=CC32)n2ccc(=O)c(O)c2C1=O)C(F)(F)F. The molecule has 190 valence electrons. The summed E-state index contributed by atoms with van der Waals surface area (Å²) in [6, 6.07) is 2.61. The number of carbonyl (C=O) groups excluding carboxylic acids is 1. The lowest BCUT2D eigenvalue weighted by atomic mass is 9.85. The molecule has 0 bridgehead atoms. The van der Waals surface area contributed by atoms with Gasteiger partial charge in [-0.3, -0.25) is 19.3 Å². The van der Waals surface area contributed by atoms with Gasteiger partial charge in [-0.05, 0) is 24.6 Å². The molecule has 1 aliphatic carbocycles. The Kier molecular flexibility index (Phi) is 6.11. The summed E-state index contributed by atoms with van der Waals surface area (Å²) in [5.74, 6) is -2.63. The molecule has 0 spiro atoms. The predicted octanol–water partition coefficient (Wildman–Crippen LogP) is 4.66. The number of carbonyl (C=O) groups is 1. The summed E-state index contributed by atoms with van der Waals surface area (Å²) in [5, 5.41) is 12.2. The average Bonchev–Trinajstić information content (AvgIpc) is 2.98. The lowest BCUT2D eigenvalue weighted by Crippen LogP contribution is -2.61. The third-order valence-corrected chi connectivity index (χ3v) is 8.34. The molecule has 0 radical (unpaired) electrons. The molecule has 5 rings (SSSR count). The summed E-state index contributed by atoms with van der Waals surface area (Å²) >= 11 is 7.69. The van der Waals surface area contributed by atoms with Gasteiger partial charge >= 0.3 is 6.18 Å². The second-order valence-corrected chi connectivity index (χ2v) is 10.4. The predicted molar refractivity (Wildman–Crippen MR) is 128 cm³/mol. The van der Waals surface area contributed by atoms with Crippen LogP contribution in [0.2, 0.25) is 0 Å². The van der Waals surface area contributed by atoms with Crippen molar-refractivity contribution in [1.29, 1.82) is 0 Å². The fraction of sp³-hybridized carbons (Fsp3) is 0.333. The minimum atomic E-state index is -4.76. The van der Waals surface area contributed by atoms with E-state index >= 15 is 0 Å². The van der Waals surface area contributed by atoms with Crippen molar-refractivity contribution in [2.75, 3.05) is 11.7 Å². The third-order valence-electron chi connectivity index (χ3n) is 6.79. The van der Waals surface area contributed by atoms with Gasteiger partial charge in [-0.2, -0.15) is 13.2 Å². The van der Waals surface area contributed by atoms with Gasteiger partial charge in [0.2, 0.25) is 5.43 Å².